The number of anilines is 1. The molecule has 2 N–H and O–H groups in total. The number of halogens is 1. The second-order valence-corrected chi connectivity index (χ2v) is 8.36. The van der Waals surface area contributed by atoms with E-state index in [-0.39, 0.29) is 23.7 Å². The maximum Gasteiger partial charge on any atom is 0.251 e. The average molecular weight is 468 g/mol. The third-order valence-electron chi connectivity index (χ3n) is 5.80. The van der Waals surface area contributed by atoms with E-state index in [2.05, 4.69) is 20.5 Å². The molecule has 0 spiro atoms. The first kappa shape index (κ1) is 22.2. The van der Waals surface area contributed by atoms with Crippen molar-refractivity contribution < 1.29 is 9.18 Å². The molecule has 174 valence electrons. The van der Waals surface area contributed by atoms with Gasteiger partial charge in [-0.05, 0) is 60.0 Å². The number of hydrogen-bond donors (Lipinski definition) is 2. The summed E-state index contributed by atoms with van der Waals surface area (Å²) in [5.74, 6) is -0.925. The van der Waals surface area contributed by atoms with Crippen molar-refractivity contribution in [3.8, 4) is 22.4 Å². The van der Waals surface area contributed by atoms with Crippen molar-refractivity contribution in [1.29, 1.82) is 0 Å². The molecule has 0 saturated heterocycles. The molecule has 3 heterocycles. The third-order valence-corrected chi connectivity index (χ3v) is 5.80. The minimum atomic E-state index is -0.545. The van der Waals surface area contributed by atoms with Gasteiger partial charge in [0.25, 0.3) is 5.56 Å². The van der Waals surface area contributed by atoms with Gasteiger partial charge in [0, 0.05) is 42.0 Å². The van der Waals surface area contributed by atoms with Crippen LogP contribution in [0.2, 0.25) is 0 Å². The molecular weight excluding hydrogens is 445 g/mol. The normalized spacial score (nSPS) is 11.1. The molecule has 0 unspecified atom stereocenters. The summed E-state index contributed by atoms with van der Waals surface area (Å²) >= 11 is 0. The molecule has 35 heavy (non-hydrogen) atoms. The van der Waals surface area contributed by atoms with Crippen molar-refractivity contribution >= 4 is 22.5 Å². The monoisotopic (exact) mass is 467 g/mol. The number of nitrogens with one attached hydrogen (secondary N) is 2. The summed E-state index contributed by atoms with van der Waals surface area (Å²) in [6.45, 7) is 3.37. The lowest BCUT2D eigenvalue weighted by molar-refractivity contribution is -0.114. The van der Waals surface area contributed by atoms with Crippen LogP contribution in [0.5, 0.6) is 0 Å². The number of carbonyl (C=O) groups is 1. The van der Waals surface area contributed by atoms with Gasteiger partial charge in [-0.15, -0.1) is 0 Å². The first-order valence-corrected chi connectivity index (χ1v) is 11.1. The zero-order chi connectivity index (χ0) is 24.5. The minimum Gasteiger partial charge on any atom is -0.324 e. The summed E-state index contributed by atoms with van der Waals surface area (Å²) in [7, 11) is 0. The van der Waals surface area contributed by atoms with Gasteiger partial charge < -0.3 is 9.88 Å². The highest BCUT2D eigenvalue weighted by atomic mass is 19.1. The fraction of sp³-hybridized carbons (Fsp3) is 0.111. The molecule has 0 radical (unpaired) electrons. The van der Waals surface area contributed by atoms with Gasteiger partial charge in [0.2, 0.25) is 5.91 Å². The van der Waals surface area contributed by atoms with E-state index in [0.717, 1.165) is 39.0 Å². The van der Waals surface area contributed by atoms with Gasteiger partial charge in [0.15, 0.2) is 0 Å². The van der Waals surface area contributed by atoms with Crippen LogP contribution in [0.1, 0.15) is 18.2 Å². The third kappa shape index (κ3) is 4.46. The molecule has 5 rings (SSSR count). The number of rotatable bonds is 5. The summed E-state index contributed by atoms with van der Waals surface area (Å²) in [5, 5.41) is 11.0. The quantitative estimate of drug-likeness (QED) is 0.384. The predicted octanol–water partition coefficient (Wildman–Crippen LogP) is 4.91. The van der Waals surface area contributed by atoms with Crippen LogP contribution in [0.3, 0.4) is 0 Å². The van der Waals surface area contributed by atoms with Gasteiger partial charge in [0.05, 0.1) is 17.7 Å². The Labute approximate surface area is 200 Å². The second kappa shape index (κ2) is 8.98. The fourth-order valence-electron chi connectivity index (χ4n) is 4.12. The number of nitrogens with zero attached hydrogens (tertiary/aromatic N) is 3. The fourth-order valence-corrected chi connectivity index (χ4v) is 4.12. The molecule has 7 nitrogen and oxygen atoms in total. The van der Waals surface area contributed by atoms with Crippen LogP contribution in [0.25, 0.3) is 33.3 Å². The van der Waals surface area contributed by atoms with Crippen molar-refractivity contribution in [2.45, 2.75) is 20.4 Å². The highest BCUT2D eigenvalue weighted by Gasteiger charge is 2.13. The van der Waals surface area contributed by atoms with E-state index in [4.69, 9.17) is 0 Å². The molecule has 0 aliphatic heterocycles. The van der Waals surface area contributed by atoms with Gasteiger partial charge >= 0.3 is 0 Å². The summed E-state index contributed by atoms with van der Waals surface area (Å²) in [6, 6.07) is 17.7. The SMILES string of the molecule is CC(=O)Nc1c(F)cccc1Cn1ccc(-c2ccc3[nH]nc(-c4ccnc(C)c4)c3c2)cc1=O. The topological polar surface area (TPSA) is 92.7 Å². The highest BCUT2D eigenvalue weighted by Crippen LogP contribution is 2.30. The van der Waals surface area contributed by atoms with E-state index < -0.39 is 5.82 Å². The lowest BCUT2D eigenvalue weighted by atomic mass is 10.0. The summed E-state index contributed by atoms with van der Waals surface area (Å²) in [6.07, 6.45) is 3.43. The largest absolute Gasteiger partial charge is 0.324 e. The molecule has 0 aliphatic rings. The Bertz CT molecular complexity index is 1640. The van der Waals surface area contributed by atoms with Gasteiger partial charge in [-0.1, -0.05) is 18.2 Å². The maximum atomic E-state index is 14.3. The van der Waals surface area contributed by atoms with Crippen LogP contribution in [-0.2, 0) is 11.3 Å². The number of aromatic nitrogens is 4. The number of aryl methyl sites for hydroxylation is 1. The Morgan fingerprint density at radius 1 is 1.06 bits per heavy atom. The molecule has 0 atom stereocenters. The second-order valence-electron chi connectivity index (χ2n) is 8.36. The molecule has 5 aromatic rings. The number of H-pyrrole nitrogens is 1. The van der Waals surface area contributed by atoms with E-state index in [9.17, 15) is 14.0 Å². The molecule has 3 aromatic heterocycles. The Kier molecular flexibility index (Phi) is 5.70. The molecular formula is C27H22FN5O2. The number of benzene rings is 2. The molecule has 1 amide bonds. The van der Waals surface area contributed by atoms with Crippen LogP contribution in [-0.4, -0.2) is 25.7 Å². The van der Waals surface area contributed by atoms with Crippen molar-refractivity contribution in [3.05, 3.63) is 100 Å². The molecule has 0 saturated carbocycles. The molecule has 0 aliphatic carbocycles. The molecule has 2 aromatic carbocycles. The lowest BCUT2D eigenvalue weighted by Gasteiger charge is -2.13. The van der Waals surface area contributed by atoms with Crippen molar-refractivity contribution in [2.75, 3.05) is 5.32 Å². The average Bonchev–Trinajstić information content (AvgIpc) is 3.25. The zero-order valence-corrected chi connectivity index (χ0v) is 19.2. The first-order chi connectivity index (χ1) is 16.9. The van der Waals surface area contributed by atoms with Gasteiger partial charge in [-0.25, -0.2) is 4.39 Å². The standard InChI is InChI=1S/C27H22FN5O2/c1-16-12-20(8-10-29-16)26-22-13-18(6-7-24(22)31-32-26)19-9-11-33(25(35)14-19)15-21-4-3-5-23(28)27(21)30-17(2)34/h3-14H,15H2,1-2H3,(H,30,34)(H,31,32). The summed E-state index contributed by atoms with van der Waals surface area (Å²) in [4.78, 5) is 28.7. The first-order valence-electron chi connectivity index (χ1n) is 11.1. The van der Waals surface area contributed by atoms with E-state index in [1.54, 1.807) is 30.6 Å². The van der Waals surface area contributed by atoms with E-state index in [1.165, 1.54) is 17.6 Å². The van der Waals surface area contributed by atoms with E-state index in [1.807, 2.05) is 43.3 Å². The zero-order valence-electron chi connectivity index (χ0n) is 19.2. The smallest absolute Gasteiger partial charge is 0.251 e. The van der Waals surface area contributed by atoms with Gasteiger partial charge in [-0.2, -0.15) is 5.10 Å². The van der Waals surface area contributed by atoms with E-state index in [0.29, 0.717) is 5.56 Å². The van der Waals surface area contributed by atoms with Gasteiger partial charge in [-0.3, -0.25) is 19.7 Å². The minimum absolute atomic E-state index is 0.0836. The van der Waals surface area contributed by atoms with E-state index >= 15 is 0 Å². The number of para-hydroxylation sites is 1. The van der Waals surface area contributed by atoms with Crippen LogP contribution in [0, 0.1) is 12.7 Å². The number of amides is 1. The maximum absolute atomic E-state index is 14.3. The molecule has 8 heteroatoms. The number of hydrogen-bond acceptors (Lipinski definition) is 4. The Morgan fingerprint density at radius 3 is 2.66 bits per heavy atom. The Morgan fingerprint density at radius 2 is 1.89 bits per heavy atom. The van der Waals surface area contributed by atoms with Crippen LogP contribution >= 0.6 is 0 Å². The molecule has 0 bridgehead atoms. The number of fused-ring (bicyclic) bond motifs is 1. The highest BCUT2D eigenvalue weighted by molar-refractivity contribution is 5.95. The van der Waals surface area contributed by atoms with Crippen LogP contribution in [0.15, 0.2) is 77.9 Å². The van der Waals surface area contributed by atoms with Crippen molar-refractivity contribution in [3.63, 3.8) is 0 Å². The lowest BCUT2D eigenvalue weighted by Crippen LogP contribution is -2.20. The Balaban J connectivity index is 1.49. The summed E-state index contributed by atoms with van der Waals surface area (Å²) < 4.78 is 15.7. The van der Waals surface area contributed by atoms with Crippen LogP contribution in [0.4, 0.5) is 10.1 Å². The van der Waals surface area contributed by atoms with Crippen molar-refractivity contribution in [2.24, 2.45) is 0 Å². The summed E-state index contributed by atoms with van der Waals surface area (Å²) in [5.41, 5.74) is 5.55. The Hall–Kier alpha value is -4.59. The predicted molar refractivity (Wildman–Crippen MR) is 134 cm³/mol. The number of aromatic amines is 1. The molecule has 0 fully saturated rings. The number of pyridine rings is 2. The van der Waals surface area contributed by atoms with Crippen molar-refractivity contribution in [1.82, 2.24) is 19.7 Å². The van der Waals surface area contributed by atoms with Gasteiger partial charge in [0.1, 0.15) is 11.5 Å². The van der Waals surface area contributed by atoms with Crippen LogP contribution < -0.4 is 10.9 Å². The number of carbonyl (C=O) groups excluding carboxylic acids is 1.